The van der Waals surface area contributed by atoms with Gasteiger partial charge in [0.2, 0.25) is 17.8 Å². The first-order valence-electron chi connectivity index (χ1n) is 7.52. The molecule has 1 fully saturated rings. The first-order valence-corrected chi connectivity index (χ1v) is 7.52. The molecule has 0 aromatic carbocycles. The summed E-state index contributed by atoms with van der Waals surface area (Å²) in [6, 6.07) is 2.36. The van der Waals surface area contributed by atoms with Gasteiger partial charge in [0.05, 0.1) is 12.5 Å². The van der Waals surface area contributed by atoms with Crippen LogP contribution in [0.5, 0.6) is 0 Å². The second-order valence-corrected chi connectivity index (χ2v) is 5.54. The molecule has 0 atom stereocenters. The molecule has 0 saturated carbocycles. The average Bonchev–Trinajstić information content (AvgIpc) is 2.48. The van der Waals surface area contributed by atoms with Gasteiger partial charge in [-0.05, 0) is 33.1 Å². The lowest BCUT2D eigenvalue weighted by molar-refractivity contribution is 0.566. The van der Waals surface area contributed by atoms with Crippen LogP contribution in [0.1, 0.15) is 39.5 Å². The lowest BCUT2D eigenvalue weighted by Gasteiger charge is -2.29. The second kappa shape index (κ2) is 7.07. The summed E-state index contributed by atoms with van der Waals surface area (Å²) in [5.74, 6) is 1.45. The molecule has 7 nitrogen and oxygen atoms in total. The van der Waals surface area contributed by atoms with Gasteiger partial charge in [0.25, 0.3) is 0 Å². The molecule has 1 aliphatic heterocycles. The van der Waals surface area contributed by atoms with E-state index < -0.39 is 0 Å². The molecule has 1 saturated heterocycles. The first-order chi connectivity index (χ1) is 10.1. The predicted octanol–water partition coefficient (Wildman–Crippen LogP) is 1.57. The smallest absolute Gasteiger partial charge is 0.232 e. The Hall–Kier alpha value is -2.10. The summed E-state index contributed by atoms with van der Waals surface area (Å²) in [5, 5.41) is 8.79. The van der Waals surface area contributed by atoms with Crippen LogP contribution in [0.2, 0.25) is 0 Å². The van der Waals surface area contributed by atoms with Gasteiger partial charge >= 0.3 is 0 Å². The Balaban J connectivity index is 2.25. The number of anilines is 3. The van der Waals surface area contributed by atoms with E-state index in [0.29, 0.717) is 24.9 Å². The molecule has 0 unspecified atom stereocenters. The molecule has 0 radical (unpaired) electrons. The molecule has 0 spiro atoms. The van der Waals surface area contributed by atoms with E-state index in [9.17, 15) is 0 Å². The molecule has 114 valence electrons. The average molecular weight is 289 g/mol. The van der Waals surface area contributed by atoms with E-state index in [2.05, 4.69) is 39.8 Å². The highest BCUT2D eigenvalue weighted by molar-refractivity contribution is 5.44. The fourth-order valence-electron chi connectivity index (χ4n) is 2.49. The highest BCUT2D eigenvalue weighted by Gasteiger charge is 2.19. The number of nitrogens with two attached hydrogens (primary N) is 1. The van der Waals surface area contributed by atoms with E-state index >= 15 is 0 Å². The summed E-state index contributed by atoms with van der Waals surface area (Å²) < 4.78 is 0. The lowest BCUT2D eigenvalue weighted by Crippen LogP contribution is -2.35. The van der Waals surface area contributed by atoms with Crippen LogP contribution in [0, 0.1) is 11.3 Å². The Morgan fingerprint density at radius 3 is 2.57 bits per heavy atom. The van der Waals surface area contributed by atoms with Crippen molar-refractivity contribution in [2.75, 3.05) is 35.2 Å². The van der Waals surface area contributed by atoms with Crippen LogP contribution in [0.15, 0.2) is 0 Å². The minimum atomic E-state index is 0.203. The summed E-state index contributed by atoms with van der Waals surface area (Å²) in [4.78, 5) is 17.2. The van der Waals surface area contributed by atoms with Gasteiger partial charge in [0.1, 0.15) is 0 Å². The third kappa shape index (κ3) is 3.94. The zero-order valence-corrected chi connectivity index (χ0v) is 12.8. The van der Waals surface area contributed by atoms with Gasteiger partial charge in [-0.3, -0.25) is 0 Å². The van der Waals surface area contributed by atoms with Gasteiger partial charge in [-0.2, -0.15) is 20.2 Å². The van der Waals surface area contributed by atoms with Crippen molar-refractivity contribution in [3.05, 3.63) is 0 Å². The van der Waals surface area contributed by atoms with Crippen LogP contribution in [0.3, 0.4) is 0 Å². The highest BCUT2D eigenvalue weighted by Crippen LogP contribution is 2.20. The van der Waals surface area contributed by atoms with Crippen LogP contribution in [0.25, 0.3) is 0 Å². The number of hydrogen-bond acceptors (Lipinski definition) is 7. The Kier molecular flexibility index (Phi) is 5.14. The normalized spacial score (nSPS) is 15.0. The standard InChI is InChI=1S/C14H23N7/c1-11(2)21(10-6-7-15)14-18-12(16)17-13(19-14)20-8-4-3-5-9-20/h11H,3-6,8-10H2,1-2H3,(H2,16,17,18,19). The number of nitriles is 1. The Morgan fingerprint density at radius 2 is 1.95 bits per heavy atom. The maximum Gasteiger partial charge on any atom is 0.232 e. The number of aromatic nitrogens is 3. The third-order valence-corrected chi connectivity index (χ3v) is 3.61. The van der Waals surface area contributed by atoms with E-state index in [4.69, 9.17) is 11.0 Å². The highest BCUT2D eigenvalue weighted by atomic mass is 15.4. The van der Waals surface area contributed by atoms with Gasteiger partial charge in [0.15, 0.2) is 0 Å². The number of nitrogens with zero attached hydrogens (tertiary/aromatic N) is 6. The molecule has 0 amide bonds. The van der Waals surface area contributed by atoms with E-state index in [1.165, 1.54) is 6.42 Å². The second-order valence-electron chi connectivity index (χ2n) is 5.54. The predicted molar refractivity (Wildman–Crippen MR) is 83.0 cm³/mol. The maximum absolute atomic E-state index is 8.79. The summed E-state index contributed by atoms with van der Waals surface area (Å²) in [6.45, 7) is 6.62. The number of hydrogen-bond donors (Lipinski definition) is 1. The molecule has 2 N–H and O–H groups in total. The molecule has 21 heavy (non-hydrogen) atoms. The molecular formula is C14H23N7. The Labute approximate surface area is 125 Å². The molecule has 1 aromatic rings. The molecule has 1 aromatic heterocycles. The van der Waals surface area contributed by atoms with E-state index in [0.717, 1.165) is 25.9 Å². The van der Waals surface area contributed by atoms with Gasteiger partial charge in [0, 0.05) is 25.7 Å². The summed E-state index contributed by atoms with van der Waals surface area (Å²) in [7, 11) is 0. The van der Waals surface area contributed by atoms with Gasteiger partial charge in [-0.15, -0.1) is 0 Å². The third-order valence-electron chi connectivity index (χ3n) is 3.61. The molecular weight excluding hydrogens is 266 g/mol. The quantitative estimate of drug-likeness (QED) is 0.879. The van der Waals surface area contributed by atoms with Crippen molar-refractivity contribution >= 4 is 17.8 Å². The van der Waals surface area contributed by atoms with E-state index in [-0.39, 0.29) is 12.0 Å². The fourth-order valence-corrected chi connectivity index (χ4v) is 2.49. The maximum atomic E-state index is 8.79. The van der Waals surface area contributed by atoms with Crippen molar-refractivity contribution in [2.45, 2.75) is 45.6 Å². The molecule has 2 rings (SSSR count). The van der Waals surface area contributed by atoms with Gasteiger partial charge in [-0.25, -0.2) is 0 Å². The van der Waals surface area contributed by atoms with Crippen molar-refractivity contribution < 1.29 is 0 Å². The minimum absolute atomic E-state index is 0.203. The fraction of sp³-hybridized carbons (Fsp3) is 0.714. The molecule has 1 aliphatic rings. The largest absolute Gasteiger partial charge is 0.368 e. The Bertz CT molecular complexity index is 503. The van der Waals surface area contributed by atoms with Crippen molar-refractivity contribution in [2.24, 2.45) is 0 Å². The first kappa shape index (κ1) is 15.3. The SMILES string of the molecule is CC(C)N(CCC#N)c1nc(N)nc(N2CCCCC2)n1. The number of piperidine rings is 1. The summed E-state index contributed by atoms with van der Waals surface area (Å²) in [6.07, 6.45) is 4.00. The van der Waals surface area contributed by atoms with Crippen LogP contribution < -0.4 is 15.5 Å². The van der Waals surface area contributed by atoms with Crippen molar-refractivity contribution in [1.29, 1.82) is 5.26 Å². The van der Waals surface area contributed by atoms with Crippen LogP contribution in [0.4, 0.5) is 17.8 Å². The number of nitrogen functional groups attached to an aromatic ring is 1. The van der Waals surface area contributed by atoms with Gasteiger partial charge in [-0.1, -0.05) is 0 Å². The summed E-state index contributed by atoms with van der Waals surface area (Å²) in [5.41, 5.74) is 5.85. The zero-order valence-electron chi connectivity index (χ0n) is 12.8. The zero-order chi connectivity index (χ0) is 15.2. The topological polar surface area (TPSA) is 95.0 Å². The molecule has 2 heterocycles. The van der Waals surface area contributed by atoms with Crippen LogP contribution >= 0.6 is 0 Å². The van der Waals surface area contributed by atoms with Crippen LogP contribution in [-0.2, 0) is 0 Å². The lowest BCUT2D eigenvalue weighted by atomic mass is 10.1. The minimum Gasteiger partial charge on any atom is -0.368 e. The molecule has 0 aliphatic carbocycles. The van der Waals surface area contributed by atoms with E-state index in [1.807, 2.05) is 4.90 Å². The van der Waals surface area contributed by atoms with Crippen molar-refractivity contribution in [3.63, 3.8) is 0 Å². The van der Waals surface area contributed by atoms with E-state index in [1.54, 1.807) is 0 Å². The van der Waals surface area contributed by atoms with Gasteiger partial charge < -0.3 is 15.5 Å². The number of rotatable bonds is 5. The Morgan fingerprint density at radius 1 is 1.24 bits per heavy atom. The molecule has 0 bridgehead atoms. The van der Waals surface area contributed by atoms with Crippen LogP contribution in [-0.4, -0.2) is 40.6 Å². The summed E-state index contributed by atoms with van der Waals surface area (Å²) >= 11 is 0. The molecule has 7 heteroatoms. The van der Waals surface area contributed by atoms with Crippen molar-refractivity contribution in [1.82, 2.24) is 15.0 Å². The monoisotopic (exact) mass is 289 g/mol. The van der Waals surface area contributed by atoms with Crippen molar-refractivity contribution in [3.8, 4) is 6.07 Å².